The molecular weight excluding hydrogens is 561 g/mol. The number of hydrogen-bond donors (Lipinski definition) is 0. The normalized spacial score (nSPS) is 15.1. The molecule has 2 aromatic heterocycles. The molecule has 2 amide bonds. The van der Waals surface area contributed by atoms with Gasteiger partial charge in [0, 0.05) is 45.3 Å². The molecule has 0 atom stereocenters. The Balaban J connectivity index is 1.60. The van der Waals surface area contributed by atoms with Crippen LogP contribution in [-0.4, -0.2) is 82.4 Å². The topological polar surface area (TPSA) is 81.3 Å². The maximum atomic E-state index is 14.4. The number of benzene rings is 1. The number of imidazole rings is 1. The Hall–Kier alpha value is -2.44. The number of piperazine rings is 1. The van der Waals surface area contributed by atoms with Crippen LogP contribution in [0.25, 0.3) is 16.7 Å². The van der Waals surface area contributed by atoms with Gasteiger partial charge >= 0.3 is 6.09 Å². The van der Waals surface area contributed by atoms with Crippen molar-refractivity contribution in [2.24, 2.45) is 0 Å². The van der Waals surface area contributed by atoms with Gasteiger partial charge in [-0.25, -0.2) is 13.7 Å². The molecule has 1 aliphatic rings. The summed E-state index contributed by atoms with van der Waals surface area (Å²) in [5, 5.41) is 4.49. The second-order valence-electron chi connectivity index (χ2n) is 11.6. The molecule has 0 radical (unpaired) electrons. The Morgan fingerprint density at radius 1 is 1.11 bits per heavy atom. The lowest BCUT2D eigenvalue weighted by atomic mass is 10.2. The van der Waals surface area contributed by atoms with Crippen LogP contribution in [0.15, 0.2) is 22.8 Å². The second-order valence-corrected chi connectivity index (χ2v) is 18.1. The van der Waals surface area contributed by atoms with Crippen LogP contribution in [0.3, 0.4) is 0 Å². The molecule has 9 nitrogen and oxygen atoms in total. The molecule has 37 heavy (non-hydrogen) atoms. The first-order valence-electron chi connectivity index (χ1n) is 12.4. The van der Waals surface area contributed by atoms with Crippen LogP contribution in [0.1, 0.15) is 31.1 Å². The average Bonchev–Trinajstić information content (AvgIpc) is 3.33. The number of amides is 2. The van der Waals surface area contributed by atoms with E-state index in [0.717, 1.165) is 6.04 Å². The van der Waals surface area contributed by atoms with Crippen molar-refractivity contribution in [1.82, 2.24) is 24.0 Å². The number of nitrogens with zero attached hydrogens (tertiary/aromatic N) is 5. The van der Waals surface area contributed by atoms with Gasteiger partial charge in [-0.3, -0.25) is 9.36 Å². The summed E-state index contributed by atoms with van der Waals surface area (Å²) in [4.78, 5) is 29.4. The molecule has 1 aromatic carbocycles. The van der Waals surface area contributed by atoms with E-state index >= 15 is 0 Å². The highest BCUT2D eigenvalue weighted by Crippen LogP contribution is 2.31. The van der Waals surface area contributed by atoms with Crippen molar-refractivity contribution < 1.29 is 23.5 Å². The van der Waals surface area contributed by atoms with Crippen LogP contribution < -0.4 is 0 Å². The zero-order valence-electron chi connectivity index (χ0n) is 22.3. The first-order valence-corrected chi connectivity index (χ1v) is 16.9. The first kappa shape index (κ1) is 27.6. The third kappa shape index (κ3) is 6.18. The van der Waals surface area contributed by atoms with E-state index in [1.165, 1.54) is 12.1 Å². The molecule has 0 unspecified atom stereocenters. The number of carbonyl (C=O) groups is 2. The van der Waals surface area contributed by atoms with Gasteiger partial charge in [0.1, 0.15) is 29.2 Å². The van der Waals surface area contributed by atoms with Gasteiger partial charge in [0.25, 0.3) is 5.91 Å². The van der Waals surface area contributed by atoms with Gasteiger partial charge in [-0.2, -0.15) is 5.10 Å². The molecular formula is C25H35BrFN5O4Si. The van der Waals surface area contributed by atoms with E-state index < -0.39 is 19.5 Å². The van der Waals surface area contributed by atoms with Crippen LogP contribution in [0, 0.1) is 5.82 Å². The molecule has 1 saturated heterocycles. The molecule has 0 N–H and O–H groups in total. The largest absolute Gasteiger partial charge is 0.444 e. The molecule has 1 aliphatic heterocycles. The van der Waals surface area contributed by atoms with Crippen molar-refractivity contribution in [3.05, 3.63) is 34.2 Å². The summed E-state index contributed by atoms with van der Waals surface area (Å²) in [7, 11) is -1.29. The number of rotatable bonds is 6. The van der Waals surface area contributed by atoms with E-state index in [-0.39, 0.29) is 18.7 Å². The zero-order valence-corrected chi connectivity index (χ0v) is 24.9. The van der Waals surface area contributed by atoms with Crippen molar-refractivity contribution in [3.8, 4) is 0 Å². The molecule has 0 saturated carbocycles. The van der Waals surface area contributed by atoms with Crippen LogP contribution in [-0.2, 0) is 16.2 Å². The van der Waals surface area contributed by atoms with Crippen LogP contribution in [0.2, 0.25) is 25.7 Å². The second kappa shape index (κ2) is 10.4. The van der Waals surface area contributed by atoms with Crippen molar-refractivity contribution >= 4 is 52.7 Å². The number of carbonyl (C=O) groups excluding carboxylic acids is 2. The van der Waals surface area contributed by atoms with Crippen molar-refractivity contribution in [2.75, 3.05) is 32.8 Å². The molecule has 3 aromatic rings. The number of aromatic nitrogens is 3. The standard InChI is InChI=1S/C25H35BrFN5O4Si/c1-25(2,3)36-24(34)30-9-7-29(8-10-30)23(33)18-15-28-32-21-19(26)13-17(27)14-20(21)31(22(18)32)16-35-11-12-37(4,5)6/h13-15H,7-12,16H2,1-6H3. The summed E-state index contributed by atoms with van der Waals surface area (Å²) in [5.41, 5.74) is 1.63. The fourth-order valence-electron chi connectivity index (χ4n) is 4.25. The smallest absolute Gasteiger partial charge is 0.410 e. The molecule has 202 valence electrons. The SMILES string of the molecule is CC(C)(C)OC(=O)N1CCN(C(=O)c2cnn3c4c(Br)cc(F)cc4n(COCC[Si](C)(C)C)c23)CC1. The molecule has 4 rings (SSSR count). The van der Waals surface area contributed by atoms with Gasteiger partial charge in [0.15, 0.2) is 5.65 Å². The number of hydrogen-bond acceptors (Lipinski definition) is 5. The van der Waals surface area contributed by atoms with E-state index in [1.807, 2.05) is 25.3 Å². The molecule has 0 aliphatic carbocycles. The average molecular weight is 597 g/mol. The quantitative estimate of drug-likeness (QED) is 0.289. The van der Waals surface area contributed by atoms with E-state index in [9.17, 15) is 14.0 Å². The predicted molar refractivity (Wildman–Crippen MR) is 146 cm³/mol. The first-order chi connectivity index (χ1) is 17.2. The minimum Gasteiger partial charge on any atom is -0.444 e. The number of halogens is 2. The Labute approximate surface area is 225 Å². The van der Waals surface area contributed by atoms with Crippen LogP contribution >= 0.6 is 15.9 Å². The molecule has 3 heterocycles. The monoisotopic (exact) mass is 595 g/mol. The third-order valence-electron chi connectivity index (χ3n) is 6.18. The van der Waals surface area contributed by atoms with Crippen LogP contribution in [0.4, 0.5) is 9.18 Å². The van der Waals surface area contributed by atoms with E-state index in [1.54, 1.807) is 20.5 Å². The summed E-state index contributed by atoms with van der Waals surface area (Å²) < 4.78 is 29.9. The van der Waals surface area contributed by atoms with Gasteiger partial charge in [0.05, 0.1) is 11.7 Å². The van der Waals surface area contributed by atoms with E-state index in [2.05, 4.69) is 40.7 Å². The summed E-state index contributed by atoms with van der Waals surface area (Å²) >= 11 is 3.46. The fraction of sp³-hybridized carbons (Fsp3) is 0.560. The summed E-state index contributed by atoms with van der Waals surface area (Å²) in [6.45, 7) is 14.6. The van der Waals surface area contributed by atoms with Crippen molar-refractivity contribution in [2.45, 2.75) is 58.8 Å². The molecule has 1 fully saturated rings. The molecule has 0 spiro atoms. The Bertz CT molecular complexity index is 1320. The zero-order chi connectivity index (χ0) is 27.1. The summed E-state index contributed by atoms with van der Waals surface area (Å²) in [5.74, 6) is -0.587. The highest BCUT2D eigenvalue weighted by molar-refractivity contribution is 9.10. The van der Waals surface area contributed by atoms with Gasteiger partial charge in [-0.05, 0) is 54.9 Å². The summed E-state index contributed by atoms with van der Waals surface area (Å²) in [6.07, 6.45) is 1.17. The highest BCUT2D eigenvalue weighted by Gasteiger charge is 2.31. The Kier molecular flexibility index (Phi) is 7.73. The van der Waals surface area contributed by atoms with E-state index in [4.69, 9.17) is 9.47 Å². The minimum absolute atomic E-state index is 0.172. The fourth-order valence-corrected chi connectivity index (χ4v) is 5.60. The maximum absolute atomic E-state index is 14.4. The van der Waals surface area contributed by atoms with Gasteiger partial charge in [-0.15, -0.1) is 0 Å². The number of fused-ring (bicyclic) bond motifs is 3. The number of ether oxygens (including phenoxy) is 2. The van der Waals surface area contributed by atoms with E-state index in [0.29, 0.717) is 59.5 Å². The van der Waals surface area contributed by atoms with Crippen molar-refractivity contribution in [3.63, 3.8) is 0 Å². The Morgan fingerprint density at radius 3 is 2.38 bits per heavy atom. The predicted octanol–water partition coefficient (Wildman–Crippen LogP) is 5.20. The molecule has 0 bridgehead atoms. The third-order valence-corrected chi connectivity index (χ3v) is 8.48. The summed E-state index contributed by atoms with van der Waals surface area (Å²) in [6, 6.07) is 3.81. The van der Waals surface area contributed by atoms with Gasteiger partial charge in [0.2, 0.25) is 0 Å². The maximum Gasteiger partial charge on any atom is 0.410 e. The lowest BCUT2D eigenvalue weighted by molar-refractivity contribution is 0.0141. The van der Waals surface area contributed by atoms with Gasteiger partial charge < -0.3 is 19.3 Å². The lowest BCUT2D eigenvalue weighted by Crippen LogP contribution is -2.51. The molecule has 12 heteroatoms. The van der Waals surface area contributed by atoms with Crippen LogP contribution in [0.5, 0.6) is 0 Å². The highest BCUT2D eigenvalue weighted by atomic mass is 79.9. The van der Waals surface area contributed by atoms with Gasteiger partial charge in [-0.1, -0.05) is 19.6 Å². The minimum atomic E-state index is -1.29. The van der Waals surface area contributed by atoms with Crippen molar-refractivity contribution in [1.29, 1.82) is 0 Å². The Morgan fingerprint density at radius 2 is 1.76 bits per heavy atom. The lowest BCUT2D eigenvalue weighted by Gasteiger charge is -2.35.